The van der Waals surface area contributed by atoms with E-state index in [0.29, 0.717) is 23.5 Å². The fraction of sp³-hybridized carbons (Fsp3) is 0.444. The van der Waals surface area contributed by atoms with Gasteiger partial charge in [-0.3, -0.25) is 9.59 Å². The molecule has 1 fully saturated rings. The third kappa shape index (κ3) is 3.19. The Morgan fingerprint density at radius 1 is 1.46 bits per heavy atom. The summed E-state index contributed by atoms with van der Waals surface area (Å²) < 4.78 is 7.48. The van der Waals surface area contributed by atoms with E-state index in [-0.39, 0.29) is 23.0 Å². The molecule has 0 spiro atoms. The predicted molar refractivity (Wildman–Crippen MR) is 94.8 cm³/mol. The Morgan fingerprint density at radius 3 is 2.92 bits per heavy atom. The number of aromatic nitrogens is 1. The summed E-state index contributed by atoms with van der Waals surface area (Å²) in [6, 6.07) is 5.19. The third-order valence-electron chi connectivity index (χ3n) is 4.46. The lowest BCUT2D eigenvalue weighted by molar-refractivity contribution is 0.0585. The molecule has 1 aromatic carbocycles. The maximum Gasteiger partial charge on any atom is 0.259 e. The number of rotatable bonds is 4. The van der Waals surface area contributed by atoms with Crippen molar-refractivity contribution in [3.8, 4) is 0 Å². The Balaban J connectivity index is 2.00. The highest BCUT2D eigenvalue weighted by Gasteiger charge is 2.23. The van der Waals surface area contributed by atoms with Crippen molar-refractivity contribution in [1.29, 1.82) is 0 Å². The minimum Gasteiger partial charge on any atom is -0.376 e. The Labute approximate surface area is 145 Å². The van der Waals surface area contributed by atoms with Crippen molar-refractivity contribution >= 4 is 28.4 Å². The van der Waals surface area contributed by atoms with Crippen LogP contribution in [0.5, 0.6) is 0 Å². The zero-order valence-corrected chi connectivity index (χ0v) is 14.7. The quantitative estimate of drug-likeness (QED) is 0.853. The molecule has 1 amide bonds. The fourth-order valence-corrected chi connectivity index (χ4v) is 3.34. The van der Waals surface area contributed by atoms with Crippen LogP contribution in [-0.2, 0) is 11.3 Å². The highest BCUT2D eigenvalue weighted by Crippen LogP contribution is 2.19. The van der Waals surface area contributed by atoms with Crippen LogP contribution in [0.25, 0.3) is 10.9 Å². The minimum atomic E-state index is -0.278. The molecule has 0 bridgehead atoms. The second kappa shape index (κ2) is 6.95. The number of ether oxygens (including phenoxy) is 1. The van der Waals surface area contributed by atoms with Crippen LogP contribution in [-0.4, -0.2) is 41.7 Å². The molecule has 1 aliphatic heterocycles. The van der Waals surface area contributed by atoms with Crippen molar-refractivity contribution in [3.05, 3.63) is 45.2 Å². The zero-order chi connectivity index (χ0) is 17.3. The first-order valence-corrected chi connectivity index (χ1v) is 8.58. The zero-order valence-electron chi connectivity index (χ0n) is 13.9. The first kappa shape index (κ1) is 17.0. The number of carbonyl (C=O) groups is 1. The summed E-state index contributed by atoms with van der Waals surface area (Å²) in [5, 5.41) is 0.959. The lowest BCUT2D eigenvalue weighted by Gasteiger charge is -2.21. The molecule has 1 aliphatic rings. The molecule has 24 heavy (non-hydrogen) atoms. The van der Waals surface area contributed by atoms with Crippen LogP contribution in [0.2, 0.25) is 5.02 Å². The number of aryl methyl sites for hydroxylation is 1. The van der Waals surface area contributed by atoms with Gasteiger partial charge in [-0.15, -0.1) is 0 Å². The summed E-state index contributed by atoms with van der Waals surface area (Å²) in [4.78, 5) is 27.1. The van der Waals surface area contributed by atoms with Crippen molar-refractivity contribution in [2.24, 2.45) is 0 Å². The molecule has 2 heterocycles. The molecule has 0 saturated carbocycles. The van der Waals surface area contributed by atoms with E-state index in [1.807, 2.05) is 17.6 Å². The number of hydrogen-bond acceptors (Lipinski definition) is 3. The van der Waals surface area contributed by atoms with Crippen LogP contribution in [0.3, 0.4) is 0 Å². The van der Waals surface area contributed by atoms with Gasteiger partial charge in [0.2, 0.25) is 5.43 Å². The number of amides is 1. The van der Waals surface area contributed by atoms with Crippen LogP contribution in [0.4, 0.5) is 0 Å². The molecule has 1 unspecified atom stereocenters. The van der Waals surface area contributed by atoms with Gasteiger partial charge in [0.15, 0.2) is 0 Å². The molecule has 6 heteroatoms. The standard InChI is InChI=1S/C18H21ClN2O3/c1-3-21-11-15(17(22)14-9-12(19)6-7-16(14)21)18(23)20(2)10-13-5-4-8-24-13/h6-7,9,11,13H,3-5,8,10H2,1-2H3. The summed E-state index contributed by atoms with van der Waals surface area (Å²) in [5.41, 5.74) is 0.679. The van der Waals surface area contributed by atoms with E-state index in [1.54, 1.807) is 30.3 Å². The van der Waals surface area contributed by atoms with Gasteiger partial charge in [-0.25, -0.2) is 0 Å². The van der Waals surface area contributed by atoms with Crippen LogP contribution in [0.15, 0.2) is 29.2 Å². The van der Waals surface area contributed by atoms with Gasteiger partial charge in [-0.05, 0) is 38.0 Å². The van der Waals surface area contributed by atoms with Gasteiger partial charge in [-0.1, -0.05) is 11.6 Å². The summed E-state index contributed by atoms with van der Waals surface area (Å²) in [5.74, 6) is -0.278. The molecule has 128 valence electrons. The van der Waals surface area contributed by atoms with Crippen LogP contribution in [0, 0.1) is 0 Å². The highest BCUT2D eigenvalue weighted by molar-refractivity contribution is 6.31. The van der Waals surface area contributed by atoms with Gasteiger partial charge >= 0.3 is 0 Å². The smallest absolute Gasteiger partial charge is 0.259 e. The maximum absolute atomic E-state index is 12.8. The Morgan fingerprint density at radius 2 is 2.25 bits per heavy atom. The van der Waals surface area contributed by atoms with Gasteiger partial charge in [0.25, 0.3) is 5.91 Å². The molecule has 0 N–H and O–H groups in total. The topological polar surface area (TPSA) is 51.5 Å². The van der Waals surface area contributed by atoms with Gasteiger partial charge in [0, 0.05) is 43.3 Å². The van der Waals surface area contributed by atoms with Crippen LogP contribution >= 0.6 is 11.6 Å². The highest BCUT2D eigenvalue weighted by atomic mass is 35.5. The van der Waals surface area contributed by atoms with Gasteiger partial charge in [0.05, 0.1) is 11.6 Å². The number of nitrogens with zero attached hydrogens (tertiary/aromatic N) is 2. The summed E-state index contributed by atoms with van der Waals surface area (Å²) in [7, 11) is 1.71. The Hall–Kier alpha value is -1.85. The molecule has 0 aliphatic carbocycles. The van der Waals surface area contributed by atoms with Crippen molar-refractivity contribution in [3.63, 3.8) is 0 Å². The van der Waals surface area contributed by atoms with Crippen molar-refractivity contribution in [2.45, 2.75) is 32.4 Å². The SMILES string of the molecule is CCn1cc(C(=O)N(C)CC2CCCO2)c(=O)c2cc(Cl)ccc21. The second-order valence-electron chi connectivity index (χ2n) is 6.14. The Bertz CT molecular complexity index is 825. The first-order chi connectivity index (χ1) is 11.5. The molecule has 3 rings (SSSR count). The number of hydrogen-bond donors (Lipinski definition) is 0. The van der Waals surface area contributed by atoms with Gasteiger partial charge in [0.1, 0.15) is 5.56 Å². The number of fused-ring (bicyclic) bond motifs is 1. The lowest BCUT2D eigenvalue weighted by Crippen LogP contribution is -2.36. The minimum absolute atomic E-state index is 0.0576. The summed E-state index contributed by atoms with van der Waals surface area (Å²) >= 11 is 6.03. The predicted octanol–water partition coefficient (Wildman–Crippen LogP) is 2.93. The number of carbonyl (C=O) groups excluding carboxylic acids is 1. The average molecular weight is 349 g/mol. The largest absolute Gasteiger partial charge is 0.376 e. The monoisotopic (exact) mass is 348 g/mol. The van der Waals surface area contributed by atoms with Crippen molar-refractivity contribution in [1.82, 2.24) is 9.47 Å². The fourth-order valence-electron chi connectivity index (χ4n) is 3.17. The number of pyridine rings is 1. The first-order valence-electron chi connectivity index (χ1n) is 8.21. The van der Waals surface area contributed by atoms with Crippen molar-refractivity contribution in [2.75, 3.05) is 20.2 Å². The van der Waals surface area contributed by atoms with E-state index < -0.39 is 0 Å². The molecule has 1 atom stereocenters. The summed E-state index contributed by atoms with van der Waals surface area (Å²) in [6.45, 7) is 3.87. The van der Waals surface area contributed by atoms with E-state index in [1.165, 1.54) is 0 Å². The molecule has 0 radical (unpaired) electrons. The van der Waals surface area contributed by atoms with Crippen LogP contribution in [0.1, 0.15) is 30.1 Å². The maximum atomic E-state index is 12.8. The molecule has 1 saturated heterocycles. The van der Waals surface area contributed by atoms with Crippen molar-refractivity contribution < 1.29 is 9.53 Å². The molecular weight excluding hydrogens is 328 g/mol. The van der Waals surface area contributed by atoms with Gasteiger partial charge in [-0.2, -0.15) is 0 Å². The second-order valence-corrected chi connectivity index (χ2v) is 6.58. The van der Waals surface area contributed by atoms with E-state index in [4.69, 9.17) is 16.3 Å². The number of benzene rings is 1. The average Bonchev–Trinajstić information content (AvgIpc) is 3.08. The van der Waals surface area contributed by atoms with E-state index in [2.05, 4.69) is 0 Å². The molecule has 5 nitrogen and oxygen atoms in total. The summed E-state index contributed by atoms with van der Waals surface area (Å²) in [6.07, 6.45) is 3.67. The number of likely N-dealkylation sites (N-methyl/N-ethyl adjacent to an activating group) is 1. The van der Waals surface area contributed by atoms with Crippen LogP contribution < -0.4 is 5.43 Å². The number of halogens is 1. The molecule has 2 aromatic rings. The van der Waals surface area contributed by atoms with E-state index in [0.717, 1.165) is 25.0 Å². The van der Waals surface area contributed by atoms with Gasteiger partial charge < -0.3 is 14.2 Å². The molecule has 1 aromatic heterocycles. The van der Waals surface area contributed by atoms with E-state index >= 15 is 0 Å². The van der Waals surface area contributed by atoms with E-state index in [9.17, 15) is 9.59 Å². The Kier molecular flexibility index (Phi) is 4.92. The lowest BCUT2D eigenvalue weighted by atomic mass is 10.1. The normalized spacial score (nSPS) is 17.4. The third-order valence-corrected chi connectivity index (χ3v) is 4.70. The molecular formula is C18H21ClN2O3.